The molecular formula is C16H24N2O. The quantitative estimate of drug-likeness (QED) is 0.825. The van der Waals surface area contributed by atoms with Crippen molar-refractivity contribution in [2.24, 2.45) is 0 Å². The molecule has 1 aliphatic rings. The van der Waals surface area contributed by atoms with Crippen molar-refractivity contribution in [3.8, 4) is 0 Å². The number of hydrogen-bond acceptors (Lipinski definition) is 2. The summed E-state index contributed by atoms with van der Waals surface area (Å²) in [7, 11) is 0. The Hall–Kier alpha value is -1.35. The molecule has 0 aromatic heterocycles. The van der Waals surface area contributed by atoms with E-state index in [1.807, 2.05) is 6.07 Å². The normalized spacial score (nSPS) is 22.1. The van der Waals surface area contributed by atoms with Crippen molar-refractivity contribution in [3.63, 3.8) is 0 Å². The van der Waals surface area contributed by atoms with Crippen molar-refractivity contribution in [2.75, 3.05) is 6.54 Å². The van der Waals surface area contributed by atoms with Crippen LogP contribution in [0.4, 0.5) is 0 Å². The number of benzene rings is 1. The van der Waals surface area contributed by atoms with Crippen molar-refractivity contribution >= 4 is 5.91 Å². The van der Waals surface area contributed by atoms with Crippen LogP contribution in [0.5, 0.6) is 0 Å². The summed E-state index contributed by atoms with van der Waals surface area (Å²) in [6.45, 7) is 6.60. The number of rotatable bonds is 6. The molecule has 1 amide bonds. The maximum atomic E-state index is 11.8. The molecular weight excluding hydrogens is 236 g/mol. The largest absolute Gasteiger partial charge is 0.350 e. The molecule has 1 aliphatic carbocycles. The molecule has 1 saturated carbocycles. The van der Waals surface area contributed by atoms with E-state index in [4.69, 9.17) is 0 Å². The van der Waals surface area contributed by atoms with Crippen molar-refractivity contribution < 1.29 is 4.79 Å². The second-order valence-corrected chi connectivity index (χ2v) is 6.03. The van der Waals surface area contributed by atoms with Crippen LogP contribution in [0.1, 0.15) is 45.1 Å². The zero-order valence-electron chi connectivity index (χ0n) is 12.1. The number of hydrogen-bond donors (Lipinski definition) is 2. The van der Waals surface area contributed by atoms with Gasteiger partial charge < -0.3 is 10.6 Å². The molecule has 0 bridgehead atoms. The lowest BCUT2D eigenvalue weighted by molar-refractivity contribution is -0.121. The minimum Gasteiger partial charge on any atom is -0.350 e. The van der Waals surface area contributed by atoms with Crippen LogP contribution < -0.4 is 10.6 Å². The monoisotopic (exact) mass is 260 g/mol. The fraction of sp³-hybridized carbons (Fsp3) is 0.562. The molecule has 19 heavy (non-hydrogen) atoms. The van der Waals surface area contributed by atoms with Crippen molar-refractivity contribution in [1.82, 2.24) is 10.6 Å². The summed E-state index contributed by atoms with van der Waals surface area (Å²) in [5.41, 5.74) is 1.26. The summed E-state index contributed by atoms with van der Waals surface area (Å²) in [6.07, 6.45) is 2.07. The fourth-order valence-electron chi connectivity index (χ4n) is 2.22. The Morgan fingerprint density at radius 1 is 1.32 bits per heavy atom. The van der Waals surface area contributed by atoms with Crippen LogP contribution in [-0.2, 0) is 4.79 Å². The minimum atomic E-state index is -0.110. The third kappa shape index (κ3) is 4.06. The Morgan fingerprint density at radius 3 is 2.63 bits per heavy atom. The van der Waals surface area contributed by atoms with E-state index in [0.29, 0.717) is 18.5 Å². The zero-order chi connectivity index (χ0) is 13.9. The molecule has 1 aromatic carbocycles. The van der Waals surface area contributed by atoms with Crippen LogP contribution in [0.15, 0.2) is 30.3 Å². The van der Waals surface area contributed by atoms with Crippen molar-refractivity contribution in [3.05, 3.63) is 35.9 Å². The number of nitrogens with one attached hydrogen (secondary N) is 2. The molecule has 0 spiro atoms. The van der Waals surface area contributed by atoms with E-state index in [2.05, 4.69) is 55.7 Å². The van der Waals surface area contributed by atoms with E-state index in [1.54, 1.807) is 0 Å². The molecule has 2 rings (SSSR count). The van der Waals surface area contributed by atoms with E-state index in [1.165, 1.54) is 5.56 Å². The average molecular weight is 260 g/mol. The van der Waals surface area contributed by atoms with Crippen LogP contribution in [0.3, 0.4) is 0 Å². The third-order valence-electron chi connectivity index (χ3n) is 3.90. The van der Waals surface area contributed by atoms with Crippen molar-refractivity contribution in [2.45, 2.75) is 51.1 Å². The van der Waals surface area contributed by atoms with Gasteiger partial charge in [-0.3, -0.25) is 4.79 Å². The molecule has 2 atom stereocenters. The summed E-state index contributed by atoms with van der Waals surface area (Å²) in [6, 6.07) is 11.0. The van der Waals surface area contributed by atoms with Gasteiger partial charge in [-0.2, -0.15) is 0 Å². The molecule has 104 valence electrons. The first-order valence-electron chi connectivity index (χ1n) is 7.11. The zero-order valence-corrected chi connectivity index (χ0v) is 12.1. The molecule has 2 N–H and O–H groups in total. The summed E-state index contributed by atoms with van der Waals surface area (Å²) in [5.74, 6) is 0.666. The molecule has 0 heterocycles. The van der Waals surface area contributed by atoms with Gasteiger partial charge in [0.2, 0.25) is 5.91 Å². The first-order chi connectivity index (χ1) is 9.02. The summed E-state index contributed by atoms with van der Waals surface area (Å²) in [5, 5.41) is 6.38. The first-order valence-corrected chi connectivity index (χ1v) is 7.11. The van der Waals surface area contributed by atoms with Gasteiger partial charge in [0.05, 0.1) is 6.54 Å². The first kappa shape index (κ1) is 14.1. The smallest absolute Gasteiger partial charge is 0.234 e. The van der Waals surface area contributed by atoms with E-state index >= 15 is 0 Å². The van der Waals surface area contributed by atoms with Gasteiger partial charge in [0.1, 0.15) is 0 Å². The van der Waals surface area contributed by atoms with E-state index in [9.17, 15) is 4.79 Å². The predicted octanol–water partition coefficient (Wildman–Crippen LogP) is 2.44. The van der Waals surface area contributed by atoms with Gasteiger partial charge in [0.15, 0.2) is 0 Å². The van der Waals surface area contributed by atoms with Gasteiger partial charge in [0.25, 0.3) is 0 Å². The van der Waals surface area contributed by atoms with Crippen LogP contribution in [0.2, 0.25) is 0 Å². The molecule has 1 fully saturated rings. The summed E-state index contributed by atoms with van der Waals surface area (Å²) < 4.78 is 0. The highest BCUT2D eigenvalue weighted by molar-refractivity contribution is 5.78. The summed E-state index contributed by atoms with van der Waals surface area (Å²) in [4.78, 5) is 11.8. The van der Waals surface area contributed by atoms with Gasteiger partial charge >= 0.3 is 0 Å². The second kappa shape index (κ2) is 5.74. The second-order valence-electron chi connectivity index (χ2n) is 6.03. The number of amides is 1. The standard InChI is InChI=1S/C16H24N2O/c1-4-16(2,3)18-15(19)11-17-14-10-13(14)12-8-6-5-7-9-12/h5-9,13-14,17H,4,10-11H2,1-3H3,(H,18,19). The van der Waals surface area contributed by atoms with Gasteiger partial charge in [-0.15, -0.1) is 0 Å². The van der Waals surface area contributed by atoms with E-state index < -0.39 is 0 Å². The predicted molar refractivity (Wildman–Crippen MR) is 78.1 cm³/mol. The lowest BCUT2D eigenvalue weighted by Crippen LogP contribution is -2.46. The Balaban J connectivity index is 1.72. The lowest BCUT2D eigenvalue weighted by Gasteiger charge is -2.24. The Bertz CT molecular complexity index is 428. The molecule has 0 saturated heterocycles. The van der Waals surface area contributed by atoms with Gasteiger partial charge in [-0.05, 0) is 32.3 Å². The Labute approximate surface area is 115 Å². The van der Waals surface area contributed by atoms with E-state index in [-0.39, 0.29) is 11.4 Å². The van der Waals surface area contributed by atoms with Crippen LogP contribution >= 0.6 is 0 Å². The highest BCUT2D eigenvalue weighted by Crippen LogP contribution is 2.40. The number of carbonyl (C=O) groups excluding carboxylic acids is 1. The van der Waals surface area contributed by atoms with Crippen molar-refractivity contribution in [1.29, 1.82) is 0 Å². The molecule has 1 aromatic rings. The maximum absolute atomic E-state index is 11.8. The van der Waals surface area contributed by atoms with Crippen LogP contribution in [-0.4, -0.2) is 24.0 Å². The van der Waals surface area contributed by atoms with Gasteiger partial charge in [-0.25, -0.2) is 0 Å². The minimum absolute atomic E-state index is 0.0885. The molecule has 3 nitrogen and oxygen atoms in total. The molecule has 3 heteroatoms. The summed E-state index contributed by atoms with van der Waals surface area (Å²) >= 11 is 0. The SMILES string of the molecule is CCC(C)(C)NC(=O)CNC1CC1c1ccccc1. The van der Waals surface area contributed by atoms with Crippen LogP contribution in [0, 0.1) is 0 Å². The Morgan fingerprint density at radius 2 is 2.00 bits per heavy atom. The fourth-order valence-corrected chi connectivity index (χ4v) is 2.22. The maximum Gasteiger partial charge on any atom is 0.234 e. The molecule has 0 aliphatic heterocycles. The molecule has 2 unspecified atom stereocenters. The Kier molecular flexibility index (Phi) is 4.25. The van der Waals surface area contributed by atoms with Gasteiger partial charge in [0, 0.05) is 17.5 Å². The average Bonchev–Trinajstić information content (AvgIpc) is 3.16. The molecule has 0 radical (unpaired) electrons. The lowest BCUT2D eigenvalue weighted by atomic mass is 10.0. The highest BCUT2D eigenvalue weighted by atomic mass is 16.2. The van der Waals surface area contributed by atoms with Gasteiger partial charge in [-0.1, -0.05) is 37.3 Å². The highest BCUT2D eigenvalue weighted by Gasteiger charge is 2.38. The topological polar surface area (TPSA) is 41.1 Å². The number of carbonyl (C=O) groups is 1. The van der Waals surface area contributed by atoms with Crippen LogP contribution in [0.25, 0.3) is 0 Å². The van der Waals surface area contributed by atoms with E-state index in [0.717, 1.165) is 12.8 Å². The third-order valence-corrected chi connectivity index (χ3v) is 3.90.